The van der Waals surface area contributed by atoms with Crippen LogP contribution in [0.15, 0.2) is 18.2 Å². The highest BCUT2D eigenvalue weighted by atomic mass is 16.2. The monoisotopic (exact) mass is 441 g/mol. The van der Waals surface area contributed by atoms with Crippen LogP contribution >= 0.6 is 0 Å². The molecule has 1 aromatic carbocycles. The van der Waals surface area contributed by atoms with E-state index in [0.29, 0.717) is 18.3 Å². The number of para-hydroxylation sites is 1. The summed E-state index contributed by atoms with van der Waals surface area (Å²) in [6, 6.07) is 5.58. The number of hydrogen-bond donors (Lipinski definition) is 1. The summed E-state index contributed by atoms with van der Waals surface area (Å²) in [7, 11) is 5.83. The lowest BCUT2D eigenvalue weighted by Gasteiger charge is -2.47. The van der Waals surface area contributed by atoms with Gasteiger partial charge in [-0.3, -0.25) is 19.7 Å². The molecule has 174 valence electrons. The highest BCUT2D eigenvalue weighted by Gasteiger charge is 2.38. The number of benzene rings is 1. The average Bonchev–Trinajstić information content (AvgIpc) is 2.80. The largest absolute Gasteiger partial charge is 0.370 e. The van der Waals surface area contributed by atoms with Crippen LogP contribution in [0.2, 0.25) is 0 Å². The summed E-state index contributed by atoms with van der Waals surface area (Å²) in [6.45, 7) is 4.28. The Morgan fingerprint density at radius 2 is 1.72 bits per heavy atom. The summed E-state index contributed by atoms with van der Waals surface area (Å²) in [6.07, 6.45) is 6.46. The first-order chi connectivity index (χ1) is 15.3. The molecule has 3 amide bonds. The molecule has 1 spiro atoms. The average molecular weight is 442 g/mol. The fourth-order valence-electron chi connectivity index (χ4n) is 5.51. The Bertz CT molecular complexity index is 870. The first-order valence-electron chi connectivity index (χ1n) is 11.6. The smallest absolute Gasteiger partial charge is 0.249 e. The van der Waals surface area contributed by atoms with Crippen LogP contribution in [-0.4, -0.2) is 76.5 Å². The Balaban J connectivity index is 1.59. The van der Waals surface area contributed by atoms with Crippen LogP contribution in [0.25, 0.3) is 0 Å². The summed E-state index contributed by atoms with van der Waals surface area (Å²) in [5.74, 6) is -0.508. The van der Waals surface area contributed by atoms with Gasteiger partial charge in [-0.2, -0.15) is 0 Å². The van der Waals surface area contributed by atoms with Gasteiger partial charge in [0.1, 0.15) is 6.04 Å². The molecule has 3 aliphatic heterocycles. The summed E-state index contributed by atoms with van der Waals surface area (Å²) < 4.78 is 0. The number of likely N-dealkylation sites (N-methyl/N-ethyl adjacent to an activating group) is 1. The molecule has 3 aliphatic rings. The number of amides is 3. The number of hydrogen-bond acceptors (Lipinski definition) is 6. The lowest BCUT2D eigenvalue weighted by atomic mass is 9.71. The number of nitrogens with one attached hydrogen (secondary N) is 1. The fourth-order valence-corrected chi connectivity index (χ4v) is 5.51. The van der Waals surface area contributed by atoms with Crippen LogP contribution in [-0.2, 0) is 14.4 Å². The van der Waals surface area contributed by atoms with Gasteiger partial charge in [-0.1, -0.05) is 6.07 Å². The van der Waals surface area contributed by atoms with Gasteiger partial charge in [-0.15, -0.1) is 0 Å². The van der Waals surface area contributed by atoms with E-state index < -0.39 is 6.04 Å². The van der Waals surface area contributed by atoms with Gasteiger partial charge in [0.15, 0.2) is 0 Å². The Kier molecular flexibility index (Phi) is 6.42. The zero-order valence-electron chi connectivity index (χ0n) is 19.5. The molecule has 0 aromatic heterocycles. The van der Waals surface area contributed by atoms with Crippen molar-refractivity contribution in [3.8, 4) is 0 Å². The maximum atomic E-state index is 12.5. The van der Waals surface area contributed by atoms with Crippen molar-refractivity contribution < 1.29 is 14.4 Å². The number of imide groups is 1. The van der Waals surface area contributed by atoms with E-state index in [0.717, 1.165) is 49.4 Å². The number of anilines is 3. The molecule has 0 aliphatic carbocycles. The van der Waals surface area contributed by atoms with Crippen LogP contribution in [0, 0.1) is 5.41 Å². The zero-order valence-corrected chi connectivity index (χ0v) is 19.5. The molecule has 1 aromatic rings. The lowest BCUT2D eigenvalue weighted by molar-refractivity contribution is -0.134. The fraction of sp³-hybridized carbons (Fsp3) is 0.625. The SMILES string of the molecule is CN1CCC2(CC1)CCN(c1cccc(N(C)C3CCC(=O)NC3=O)c1N(C)C=O)CC2. The zero-order chi connectivity index (χ0) is 22.9. The number of likely N-dealkylation sites (tertiary alicyclic amines) is 1. The number of carbonyl (C=O) groups is 3. The van der Waals surface area contributed by atoms with E-state index >= 15 is 0 Å². The van der Waals surface area contributed by atoms with Gasteiger partial charge in [0.25, 0.3) is 0 Å². The summed E-state index contributed by atoms with van der Waals surface area (Å²) in [4.78, 5) is 44.2. The van der Waals surface area contributed by atoms with Crippen molar-refractivity contribution in [1.29, 1.82) is 0 Å². The second-order valence-corrected chi connectivity index (χ2v) is 9.73. The van der Waals surface area contributed by atoms with Gasteiger partial charge in [0.05, 0.1) is 17.1 Å². The van der Waals surface area contributed by atoms with Crippen LogP contribution in [0.5, 0.6) is 0 Å². The molecule has 8 heteroatoms. The first kappa shape index (κ1) is 22.6. The minimum absolute atomic E-state index is 0.227. The van der Waals surface area contributed by atoms with E-state index in [1.807, 2.05) is 24.1 Å². The predicted molar refractivity (Wildman–Crippen MR) is 126 cm³/mol. The number of nitrogens with zero attached hydrogens (tertiary/aromatic N) is 4. The summed E-state index contributed by atoms with van der Waals surface area (Å²) >= 11 is 0. The van der Waals surface area contributed by atoms with Crippen LogP contribution < -0.4 is 20.0 Å². The van der Waals surface area contributed by atoms with Crippen molar-refractivity contribution in [2.24, 2.45) is 5.41 Å². The third kappa shape index (κ3) is 4.33. The molecule has 8 nitrogen and oxygen atoms in total. The third-order valence-corrected chi connectivity index (χ3v) is 7.77. The van der Waals surface area contributed by atoms with Crippen molar-refractivity contribution in [1.82, 2.24) is 10.2 Å². The molecule has 3 heterocycles. The van der Waals surface area contributed by atoms with E-state index in [1.54, 1.807) is 11.9 Å². The Morgan fingerprint density at radius 3 is 2.34 bits per heavy atom. The molecule has 4 rings (SSSR count). The van der Waals surface area contributed by atoms with Gasteiger partial charge >= 0.3 is 0 Å². The molecule has 1 unspecified atom stereocenters. The second-order valence-electron chi connectivity index (χ2n) is 9.73. The summed E-state index contributed by atoms with van der Waals surface area (Å²) in [5.41, 5.74) is 3.11. The molecule has 1 N–H and O–H groups in total. The second kappa shape index (κ2) is 9.10. The minimum Gasteiger partial charge on any atom is -0.370 e. The molecule has 0 saturated carbocycles. The van der Waals surface area contributed by atoms with Crippen molar-refractivity contribution in [2.75, 3.05) is 62.0 Å². The molecular weight excluding hydrogens is 406 g/mol. The van der Waals surface area contributed by atoms with E-state index in [1.165, 1.54) is 25.9 Å². The molecule has 3 saturated heterocycles. The number of carbonyl (C=O) groups excluding carboxylic acids is 3. The molecule has 0 radical (unpaired) electrons. The lowest BCUT2D eigenvalue weighted by Crippen LogP contribution is -2.51. The van der Waals surface area contributed by atoms with E-state index in [-0.39, 0.29) is 11.8 Å². The minimum atomic E-state index is -0.439. The summed E-state index contributed by atoms with van der Waals surface area (Å²) in [5, 5.41) is 2.44. The Labute approximate surface area is 190 Å². The topological polar surface area (TPSA) is 76.2 Å². The molecule has 3 fully saturated rings. The number of rotatable bonds is 5. The van der Waals surface area contributed by atoms with Crippen molar-refractivity contribution in [3.63, 3.8) is 0 Å². The first-order valence-corrected chi connectivity index (χ1v) is 11.6. The van der Waals surface area contributed by atoms with Crippen LogP contribution in [0.3, 0.4) is 0 Å². The molecular formula is C24H35N5O3. The normalized spacial score (nSPS) is 23.7. The maximum Gasteiger partial charge on any atom is 0.249 e. The standard InChI is InChI=1S/C24H35N5O3/c1-26-13-9-24(10-14-26)11-15-29(16-12-24)19-6-4-5-18(22(19)27(2)17-30)28(3)20-7-8-21(31)25-23(20)32/h4-6,17,20H,7-16H2,1-3H3,(H,25,31,32). The quantitative estimate of drug-likeness (QED) is 0.555. The molecule has 1 atom stereocenters. The van der Waals surface area contributed by atoms with Crippen molar-refractivity contribution >= 4 is 35.3 Å². The van der Waals surface area contributed by atoms with Gasteiger partial charge in [-0.05, 0) is 69.8 Å². The highest BCUT2D eigenvalue weighted by Crippen LogP contribution is 2.45. The molecule has 32 heavy (non-hydrogen) atoms. The van der Waals surface area contributed by atoms with Crippen molar-refractivity contribution in [3.05, 3.63) is 18.2 Å². The van der Waals surface area contributed by atoms with Gasteiger partial charge in [-0.25, -0.2) is 0 Å². The van der Waals surface area contributed by atoms with Gasteiger partial charge < -0.3 is 19.6 Å². The van der Waals surface area contributed by atoms with E-state index in [9.17, 15) is 14.4 Å². The van der Waals surface area contributed by atoms with E-state index in [2.05, 4.69) is 28.2 Å². The predicted octanol–water partition coefficient (Wildman–Crippen LogP) is 1.83. The van der Waals surface area contributed by atoms with Gasteiger partial charge in [0, 0.05) is 33.6 Å². The maximum absolute atomic E-state index is 12.5. The highest BCUT2D eigenvalue weighted by molar-refractivity contribution is 6.02. The Morgan fingerprint density at radius 1 is 1.06 bits per heavy atom. The Hall–Kier alpha value is -2.61. The van der Waals surface area contributed by atoms with Crippen molar-refractivity contribution in [2.45, 2.75) is 44.6 Å². The number of piperidine rings is 3. The van der Waals surface area contributed by atoms with Gasteiger partial charge in [0.2, 0.25) is 18.2 Å². The molecule has 0 bridgehead atoms. The van der Waals surface area contributed by atoms with Crippen LogP contribution in [0.1, 0.15) is 38.5 Å². The van der Waals surface area contributed by atoms with E-state index in [4.69, 9.17) is 0 Å². The van der Waals surface area contributed by atoms with Crippen LogP contribution in [0.4, 0.5) is 17.1 Å². The third-order valence-electron chi connectivity index (χ3n) is 7.77.